The molecule has 0 N–H and O–H groups in total. The minimum absolute atomic E-state index is 0.493. The number of rotatable bonds is 4. The van der Waals surface area contributed by atoms with Crippen molar-refractivity contribution < 1.29 is 13.9 Å². The molecule has 0 radical (unpaired) electrons. The fourth-order valence-corrected chi connectivity index (χ4v) is 1.97. The molecule has 0 aliphatic heterocycles. The lowest BCUT2D eigenvalue weighted by molar-refractivity contribution is 0.394. The molecule has 0 atom stereocenters. The van der Waals surface area contributed by atoms with Crippen molar-refractivity contribution in [1.29, 1.82) is 0 Å². The SMILES string of the molecule is COc1cc(OC)cc(-c2nc(-c3ccccn3)co2)c1. The Morgan fingerprint density at radius 2 is 1.71 bits per heavy atom. The average Bonchev–Trinajstić information content (AvgIpc) is 3.05. The Labute approximate surface area is 122 Å². The Morgan fingerprint density at radius 1 is 0.952 bits per heavy atom. The van der Waals surface area contributed by atoms with Crippen molar-refractivity contribution >= 4 is 0 Å². The number of hydrogen-bond acceptors (Lipinski definition) is 5. The van der Waals surface area contributed by atoms with E-state index in [1.54, 1.807) is 32.7 Å². The van der Waals surface area contributed by atoms with Crippen LogP contribution in [0.5, 0.6) is 11.5 Å². The maximum atomic E-state index is 5.54. The molecule has 0 amide bonds. The Balaban J connectivity index is 2.00. The highest BCUT2D eigenvalue weighted by Gasteiger charge is 2.11. The lowest BCUT2D eigenvalue weighted by atomic mass is 10.2. The van der Waals surface area contributed by atoms with E-state index in [4.69, 9.17) is 13.9 Å². The lowest BCUT2D eigenvalue weighted by Crippen LogP contribution is -1.89. The highest BCUT2D eigenvalue weighted by Crippen LogP contribution is 2.30. The highest BCUT2D eigenvalue weighted by molar-refractivity contribution is 5.63. The molecule has 3 rings (SSSR count). The molecule has 2 heterocycles. The third-order valence-electron chi connectivity index (χ3n) is 3.03. The zero-order valence-electron chi connectivity index (χ0n) is 11.7. The molecule has 3 aromatic rings. The van der Waals surface area contributed by atoms with E-state index in [-0.39, 0.29) is 0 Å². The van der Waals surface area contributed by atoms with Gasteiger partial charge in [-0.15, -0.1) is 0 Å². The van der Waals surface area contributed by atoms with Crippen LogP contribution in [0.3, 0.4) is 0 Å². The van der Waals surface area contributed by atoms with E-state index in [2.05, 4.69) is 9.97 Å². The smallest absolute Gasteiger partial charge is 0.226 e. The van der Waals surface area contributed by atoms with Crippen molar-refractivity contribution in [1.82, 2.24) is 9.97 Å². The number of aromatic nitrogens is 2. The first kappa shape index (κ1) is 13.2. The van der Waals surface area contributed by atoms with Gasteiger partial charge in [0.25, 0.3) is 0 Å². The number of nitrogens with zero attached hydrogens (tertiary/aromatic N) is 2. The van der Waals surface area contributed by atoms with Crippen molar-refractivity contribution in [2.75, 3.05) is 14.2 Å². The molecular formula is C16H14N2O3. The van der Waals surface area contributed by atoms with Crippen LogP contribution in [-0.2, 0) is 0 Å². The van der Waals surface area contributed by atoms with Gasteiger partial charge in [0, 0.05) is 17.8 Å². The quantitative estimate of drug-likeness (QED) is 0.733. The predicted molar refractivity (Wildman–Crippen MR) is 78.3 cm³/mol. The molecule has 0 fully saturated rings. The van der Waals surface area contributed by atoms with E-state index in [1.807, 2.05) is 30.3 Å². The van der Waals surface area contributed by atoms with Crippen LogP contribution in [0.4, 0.5) is 0 Å². The molecule has 0 saturated carbocycles. The Bertz CT molecular complexity index is 716. The second kappa shape index (κ2) is 5.66. The molecule has 0 spiro atoms. The normalized spacial score (nSPS) is 10.4. The first-order valence-corrected chi connectivity index (χ1v) is 6.40. The molecular weight excluding hydrogens is 268 g/mol. The van der Waals surface area contributed by atoms with Crippen LogP contribution in [0.15, 0.2) is 53.3 Å². The molecule has 0 saturated heterocycles. The van der Waals surface area contributed by atoms with Gasteiger partial charge < -0.3 is 13.9 Å². The molecule has 21 heavy (non-hydrogen) atoms. The van der Waals surface area contributed by atoms with Crippen LogP contribution in [0.1, 0.15) is 0 Å². The van der Waals surface area contributed by atoms with Gasteiger partial charge in [-0.2, -0.15) is 0 Å². The summed E-state index contributed by atoms with van der Waals surface area (Å²) < 4.78 is 16.0. The fourth-order valence-electron chi connectivity index (χ4n) is 1.97. The van der Waals surface area contributed by atoms with Crippen molar-refractivity contribution in [3.63, 3.8) is 0 Å². The standard InChI is InChI=1S/C16H14N2O3/c1-19-12-7-11(8-13(9-12)20-2)16-18-15(10-21-16)14-5-3-4-6-17-14/h3-10H,1-2H3. The molecule has 5 heteroatoms. The molecule has 0 aliphatic rings. The number of methoxy groups -OCH3 is 2. The molecule has 2 aromatic heterocycles. The summed E-state index contributed by atoms with van der Waals surface area (Å²) in [6.07, 6.45) is 3.31. The molecule has 0 unspecified atom stereocenters. The van der Waals surface area contributed by atoms with E-state index < -0.39 is 0 Å². The molecule has 106 valence electrons. The molecule has 0 aliphatic carbocycles. The van der Waals surface area contributed by atoms with Gasteiger partial charge in [0.2, 0.25) is 5.89 Å². The highest BCUT2D eigenvalue weighted by atomic mass is 16.5. The summed E-state index contributed by atoms with van der Waals surface area (Å²) in [7, 11) is 3.21. The van der Waals surface area contributed by atoms with Crippen molar-refractivity contribution in [2.24, 2.45) is 0 Å². The maximum Gasteiger partial charge on any atom is 0.226 e. The summed E-state index contributed by atoms with van der Waals surface area (Å²) in [4.78, 5) is 8.71. The molecule has 0 bridgehead atoms. The summed E-state index contributed by atoms with van der Waals surface area (Å²) >= 11 is 0. The van der Waals surface area contributed by atoms with Crippen LogP contribution in [0, 0.1) is 0 Å². The van der Waals surface area contributed by atoms with Crippen LogP contribution in [-0.4, -0.2) is 24.2 Å². The monoisotopic (exact) mass is 282 g/mol. The van der Waals surface area contributed by atoms with Gasteiger partial charge in [-0.25, -0.2) is 4.98 Å². The second-order valence-electron chi connectivity index (χ2n) is 4.35. The first-order chi connectivity index (χ1) is 10.3. The Hall–Kier alpha value is -2.82. The van der Waals surface area contributed by atoms with Crippen LogP contribution < -0.4 is 9.47 Å². The summed E-state index contributed by atoms with van der Waals surface area (Å²) in [5.41, 5.74) is 2.24. The van der Waals surface area contributed by atoms with Crippen molar-refractivity contribution in [3.05, 3.63) is 48.9 Å². The van der Waals surface area contributed by atoms with Crippen molar-refractivity contribution in [2.45, 2.75) is 0 Å². The predicted octanol–water partition coefficient (Wildman–Crippen LogP) is 3.42. The van der Waals surface area contributed by atoms with Gasteiger partial charge in [0.1, 0.15) is 23.5 Å². The van der Waals surface area contributed by atoms with E-state index in [9.17, 15) is 0 Å². The average molecular weight is 282 g/mol. The minimum Gasteiger partial charge on any atom is -0.497 e. The molecule has 5 nitrogen and oxygen atoms in total. The Kier molecular flexibility index (Phi) is 3.55. The number of benzene rings is 1. The van der Waals surface area contributed by atoms with Gasteiger partial charge >= 0.3 is 0 Å². The summed E-state index contributed by atoms with van der Waals surface area (Å²) in [6.45, 7) is 0. The number of ether oxygens (including phenoxy) is 2. The number of oxazole rings is 1. The zero-order chi connectivity index (χ0) is 14.7. The van der Waals surface area contributed by atoms with Crippen molar-refractivity contribution in [3.8, 4) is 34.3 Å². The van der Waals surface area contributed by atoms with Gasteiger partial charge in [0.15, 0.2) is 0 Å². The van der Waals surface area contributed by atoms with Crippen LogP contribution in [0.2, 0.25) is 0 Å². The van der Waals surface area contributed by atoms with E-state index >= 15 is 0 Å². The van der Waals surface area contributed by atoms with Gasteiger partial charge in [-0.3, -0.25) is 4.98 Å². The maximum absolute atomic E-state index is 5.54. The lowest BCUT2D eigenvalue weighted by Gasteiger charge is -2.05. The number of hydrogen-bond donors (Lipinski definition) is 0. The largest absolute Gasteiger partial charge is 0.497 e. The Morgan fingerprint density at radius 3 is 2.33 bits per heavy atom. The summed E-state index contributed by atoms with van der Waals surface area (Å²) in [5.74, 6) is 1.86. The minimum atomic E-state index is 0.493. The van der Waals surface area contributed by atoms with E-state index in [1.165, 1.54) is 0 Å². The number of pyridine rings is 1. The van der Waals surface area contributed by atoms with Gasteiger partial charge in [-0.1, -0.05) is 6.07 Å². The second-order valence-corrected chi connectivity index (χ2v) is 4.35. The third kappa shape index (κ3) is 2.72. The summed E-state index contributed by atoms with van der Waals surface area (Å²) in [5, 5.41) is 0. The topological polar surface area (TPSA) is 57.4 Å². The third-order valence-corrected chi connectivity index (χ3v) is 3.03. The van der Waals surface area contributed by atoms with Gasteiger partial charge in [0.05, 0.1) is 19.9 Å². The van der Waals surface area contributed by atoms with E-state index in [0.717, 1.165) is 11.3 Å². The summed E-state index contributed by atoms with van der Waals surface area (Å²) in [6, 6.07) is 11.1. The van der Waals surface area contributed by atoms with Crippen LogP contribution in [0.25, 0.3) is 22.8 Å². The molecule has 1 aromatic carbocycles. The van der Waals surface area contributed by atoms with Gasteiger partial charge in [-0.05, 0) is 24.3 Å². The zero-order valence-corrected chi connectivity index (χ0v) is 11.7. The first-order valence-electron chi connectivity index (χ1n) is 6.40. The van der Waals surface area contributed by atoms with E-state index in [0.29, 0.717) is 23.1 Å². The fraction of sp³-hybridized carbons (Fsp3) is 0.125. The van der Waals surface area contributed by atoms with Crippen LogP contribution >= 0.6 is 0 Å².